The standard InChI is InChI=1S/C15H23NO2/c1-11(2)10-18-9-8-16-14-7-6-13-12(14)4-3-5-15(13)17/h3-5,11,14,16-17H,6-10H2,1-2H3. The van der Waals surface area contributed by atoms with Crippen molar-refractivity contribution in [2.75, 3.05) is 19.8 Å². The van der Waals surface area contributed by atoms with Gasteiger partial charge in [0.1, 0.15) is 5.75 Å². The quantitative estimate of drug-likeness (QED) is 0.762. The molecule has 0 fully saturated rings. The number of fused-ring (bicyclic) bond motifs is 1. The zero-order chi connectivity index (χ0) is 13.0. The third-order valence-electron chi connectivity index (χ3n) is 3.33. The first-order valence-corrected chi connectivity index (χ1v) is 6.80. The Balaban J connectivity index is 1.78. The largest absolute Gasteiger partial charge is 0.508 e. The number of benzene rings is 1. The summed E-state index contributed by atoms with van der Waals surface area (Å²) in [7, 11) is 0. The Morgan fingerprint density at radius 3 is 3.06 bits per heavy atom. The van der Waals surface area contributed by atoms with Crippen molar-refractivity contribution < 1.29 is 9.84 Å². The van der Waals surface area contributed by atoms with Crippen LogP contribution in [-0.2, 0) is 11.2 Å². The molecule has 0 radical (unpaired) electrons. The lowest BCUT2D eigenvalue weighted by atomic mass is 10.1. The van der Waals surface area contributed by atoms with Crippen LogP contribution in [0.15, 0.2) is 18.2 Å². The van der Waals surface area contributed by atoms with Crippen LogP contribution in [-0.4, -0.2) is 24.9 Å². The molecule has 1 aromatic rings. The van der Waals surface area contributed by atoms with Gasteiger partial charge in [-0.2, -0.15) is 0 Å². The van der Waals surface area contributed by atoms with Crippen LogP contribution in [0.5, 0.6) is 5.75 Å². The van der Waals surface area contributed by atoms with Gasteiger partial charge in [-0.1, -0.05) is 26.0 Å². The highest BCUT2D eigenvalue weighted by atomic mass is 16.5. The molecule has 0 heterocycles. The van der Waals surface area contributed by atoms with Crippen molar-refractivity contribution in [2.45, 2.75) is 32.7 Å². The van der Waals surface area contributed by atoms with Crippen LogP contribution in [0.1, 0.15) is 37.4 Å². The summed E-state index contributed by atoms with van der Waals surface area (Å²) in [4.78, 5) is 0. The lowest BCUT2D eigenvalue weighted by molar-refractivity contribution is 0.110. The SMILES string of the molecule is CC(C)COCCNC1CCc2c(O)cccc21. The van der Waals surface area contributed by atoms with E-state index >= 15 is 0 Å². The fourth-order valence-electron chi connectivity index (χ4n) is 2.47. The summed E-state index contributed by atoms with van der Waals surface area (Å²) in [5.41, 5.74) is 2.36. The topological polar surface area (TPSA) is 41.5 Å². The molecular formula is C15H23NO2. The molecule has 0 aliphatic heterocycles. The van der Waals surface area contributed by atoms with Gasteiger partial charge in [-0.25, -0.2) is 0 Å². The molecule has 1 aliphatic rings. The number of aromatic hydroxyl groups is 1. The molecule has 3 heteroatoms. The second-order valence-electron chi connectivity index (χ2n) is 5.36. The van der Waals surface area contributed by atoms with Gasteiger partial charge in [-0.15, -0.1) is 0 Å². The third-order valence-corrected chi connectivity index (χ3v) is 3.33. The average molecular weight is 249 g/mol. The van der Waals surface area contributed by atoms with E-state index in [1.165, 1.54) is 5.56 Å². The fourth-order valence-corrected chi connectivity index (χ4v) is 2.47. The summed E-state index contributed by atoms with van der Waals surface area (Å²) in [5.74, 6) is 1.03. The number of phenolic OH excluding ortho intramolecular Hbond substituents is 1. The summed E-state index contributed by atoms with van der Waals surface area (Å²) >= 11 is 0. The minimum Gasteiger partial charge on any atom is -0.508 e. The minimum atomic E-state index is 0.370. The van der Waals surface area contributed by atoms with Gasteiger partial charge in [0.25, 0.3) is 0 Å². The highest BCUT2D eigenvalue weighted by Crippen LogP contribution is 2.35. The zero-order valence-corrected chi connectivity index (χ0v) is 11.3. The summed E-state index contributed by atoms with van der Waals surface area (Å²) in [6.07, 6.45) is 2.03. The van der Waals surface area contributed by atoms with Gasteiger partial charge >= 0.3 is 0 Å². The van der Waals surface area contributed by atoms with Gasteiger partial charge in [-0.3, -0.25) is 0 Å². The third kappa shape index (κ3) is 3.24. The van der Waals surface area contributed by atoms with E-state index in [4.69, 9.17) is 4.74 Å². The maximum atomic E-state index is 9.77. The van der Waals surface area contributed by atoms with E-state index in [0.29, 0.717) is 17.7 Å². The first kappa shape index (κ1) is 13.4. The summed E-state index contributed by atoms with van der Waals surface area (Å²) in [6, 6.07) is 6.17. The minimum absolute atomic E-state index is 0.370. The highest BCUT2D eigenvalue weighted by molar-refractivity contribution is 5.44. The number of hydrogen-bond donors (Lipinski definition) is 2. The average Bonchev–Trinajstić information content (AvgIpc) is 2.73. The number of rotatable bonds is 6. The van der Waals surface area contributed by atoms with Gasteiger partial charge in [0.05, 0.1) is 6.61 Å². The van der Waals surface area contributed by atoms with E-state index in [1.54, 1.807) is 6.07 Å². The lowest BCUT2D eigenvalue weighted by Gasteiger charge is -2.14. The van der Waals surface area contributed by atoms with Crippen molar-refractivity contribution in [1.29, 1.82) is 0 Å². The molecule has 0 aromatic heterocycles. The Kier molecular flexibility index (Phi) is 4.61. The van der Waals surface area contributed by atoms with Crippen molar-refractivity contribution >= 4 is 0 Å². The summed E-state index contributed by atoms with van der Waals surface area (Å²) in [6.45, 7) is 6.76. The molecule has 1 unspecified atom stereocenters. The normalized spacial score (nSPS) is 18.3. The molecule has 0 bridgehead atoms. The van der Waals surface area contributed by atoms with Crippen LogP contribution in [0.4, 0.5) is 0 Å². The summed E-state index contributed by atoms with van der Waals surface area (Å²) < 4.78 is 5.55. The van der Waals surface area contributed by atoms with E-state index in [-0.39, 0.29) is 0 Å². The van der Waals surface area contributed by atoms with Crippen molar-refractivity contribution in [2.24, 2.45) is 5.92 Å². The van der Waals surface area contributed by atoms with Crippen LogP contribution in [0.3, 0.4) is 0 Å². The van der Waals surface area contributed by atoms with E-state index in [1.807, 2.05) is 6.07 Å². The van der Waals surface area contributed by atoms with Gasteiger partial charge in [0.2, 0.25) is 0 Å². The molecule has 18 heavy (non-hydrogen) atoms. The molecule has 1 atom stereocenters. The van der Waals surface area contributed by atoms with E-state index in [9.17, 15) is 5.11 Å². The molecule has 0 saturated carbocycles. The Labute approximate surface area is 109 Å². The van der Waals surface area contributed by atoms with Crippen molar-refractivity contribution in [1.82, 2.24) is 5.32 Å². The monoisotopic (exact) mass is 249 g/mol. The lowest BCUT2D eigenvalue weighted by Crippen LogP contribution is -2.24. The van der Waals surface area contributed by atoms with E-state index in [0.717, 1.165) is 38.2 Å². The molecule has 2 N–H and O–H groups in total. The molecule has 0 saturated heterocycles. The van der Waals surface area contributed by atoms with Crippen LogP contribution in [0, 0.1) is 5.92 Å². The van der Waals surface area contributed by atoms with Crippen molar-refractivity contribution in [3.8, 4) is 5.75 Å². The van der Waals surface area contributed by atoms with Gasteiger partial charge < -0.3 is 15.2 Å². The smallest absolute Gasteiger partial charge is 0.119 e. The molecular weight excluding hydrogens is 226 g/mol. The van der Waals surface area contributed by atoms with Crippen molar-refractivity contribution in [3.05, 3.63) is 29.3 Å². The molecule has 2 rings (SSSR count). The molecule has 100 valence electrons. The maximum Gasteiger partial charge on any atom is 0.119 e. The fraction of sp³-hybridized carbons (Fsp3) is 0.600. The molecule has 1 aliphatic carbocycles. The first-order valence-electron chi connectivity index (χ1n) is 6.80. The van der Waals surface area contributed by atoms with Gasteiger partial charge in [0, 0.05) is 19.2 Å². The number of nitrogens with one attached hydrogen (secondary N) is 1. The van der Waals surface area contributed by atoms with Crippen LogP contribution < -0.4 is 5.32 Å². The molecule has 0 spiro atoms. The van der Waals surface area contributed by atoms with Gasteiger partial charge in [0.15, 0.2) is 0 Å². The number of phenols is 1. The molecule has 1 aromatic carbocycles. The highest BCUT2D eigenvalue weighted by Gasteiger charge is 2.23. The van der Waals surface area contributed by atoms with E-state index < -0.39 is 0 Å². The van der Waals surface area contributed by atoms with Crippen LogP contribution in [0.2, 0.25) is 0 Å². The van der Waals surface area contributed by atoms with Crippen molar-refractivity contribution in [3.63, 3.8) is 0 Å². The predicted octanol–water partition coefficient (Wildman–Crippen LogP) is 2.64. The second-order valence-corrected chi connectivity index (χ2v) is 5.36. The molecule has 0 amide bonds. The molecule has 3 nitrogen and oxygen atoms in total. The second kappa shape index (κ2) is 6.21. The van der Waals surface area contributed by atoms with Crippen LogP contribution >= 0.6 is 0 Å². The Bertz CT molecular complexity index is 390. The number of hydrogen-bond acceptors (Lipinski definition) is 3. The predicted molar refractivity (Wildman–Crippen MR) is 72.8 cm³/mol. The first-order chi connectivity index (χ1) is 8.68. The summed E-state index contributed by atoms with van der Waals surface area (Å²) in [5, 5.41) is 13.3. The maximum absolute atomic E-state index is 9.77. The Hall–Kier alpha value is -1.06. The Morgan fingerprint density at radius 1 is 1.44 bits per heavy atom. The van der Waals surface area contributed by atoms with Gasteiger partial charge in [-0.05, 0) is 36.0 Å². The van der Waals surface area contributed by atoms with E-state index in [2.05, 4.69) is 25.2 Å². The zero-order valence-electron chi connectivity index (χ0n) is 11.3. The number of ether oxygens (including phenoxy) is 1. The Morgan fingerprint density at radius 2 is 2.28 bits per heavy atom. The van der Waals surface area contributed by atoms with Crippen LogP contribution in [0.25, 0.3) is 0 Å².